The van der Waals surface area contributed by atoms with E-state index in [4.69, 9.17) is 0 Å². The summed E-state index contributed by atoms with van der Waals surface area (Å²) in [7, 11) is 0. The Balaban J connectivity index is 1.85. The Kier molecular flexibility index (Phi) is 5.55. The van der Waals surface area contributed by atoms with Crippen LogP contribution in [0.1, 0.15) is 27.8 Å². The third kappa shape index (κ3) is 4.01. The average molecular weight is 441 g/mol. The molecule has 33 heavy (non-hydrogen) atoms. The minimum Gasteiger partial charge on any atom is -0.350 e. The Morgan fingerprint density at radius 2 is 1.45 bits per heavy atom. The van der Waals surface area contributed by atoms with E-state index in [-0.39, 0.29) is 17.0 Å². The number of nitrogens with zero attached hydrogens (tertiary/aromatic N) is 2. The lowest BCUT2D eigenvalue weighted by Gasteiger charge is -2.17. The van der Waals surface area contributed by atoms with Crippen LogP contribution >= 0.6 is 0 Å². The fourth-order valence-electron chi connectivity index (χ4n) is 3.77. The summed E-state index contributed by atoms with van der Waals surface area (Å²) in [5.74, 6) is -0.956. The fourth-order valence-corrected chi connectivity index (χ4v) is 3.77. The maximum absolute atomic E-state index is 13.6. The van der Waals surface area contributed by atoms with Gasteiger partial charge in [-0.3, -0.25) is 19.7 Å². The molecule has 1 aliphatic heterocycles. The molecule has 4 rings (SSSR count). The van der Waals surface area contributed by atoms with Gasteiger partial charge in [0.2, 0.25) is 0 Å². The summed E-state index contributed by atoms with van der Waals surface area (Å²) in [6.45, 7) is 7.74. The van der Waals surface area contributed by atoms with E-state index in [1.54, 1.807) is 12.1 Å². The van der Waals surface area contributed by atoms with Crippen molar-refractivity contribution in [1.29, 1.82) is 0 Å². The van der Waals surface area contributed by atoms with E-state index < -0.39 is 16.7 Å². The highest BCUT2D eigenvalue weighted by Crippen LogP contribution is 2.35. The molecule has 0 spiro atoms. The number of nitro benzene ring substituents is 1. The SMILES string of the molecule is Cc1ccc(C)c(NC2=C(c3ccc([N+](=O)[O-])cc3)C(=O)N(c3ccc(C)c(C)c3)C2=O)c1. The first-order chi connectivity index (χ1) is 15.7. The molecule has 0 radical (unpaired) electrons. The van der Waals surface area contributed by atoms with Gasteiger partial charge in [-0.25, -0.2) is 4.90 Å². The molecule has 0 unspecified atom stereocenters. The zero-order valence-electron chi connectivity index (χ0n) is 18.8. The predicted octanol–water partition coefficient (Wildman–Crippen LogP) is 5.23. The van der Waals surface area contributed by atoms with Crippen molar-refractivity contribution in [2.24, 2.45) is 0 Å². The summed E-state index contributed by atoms with van der Waals surface area (Å²) >= 11 is 0. The number of carbonyl (C=O) groups is 2. The van der Waals surface area contributed by atoms with E-state index in [1.807, 2.05) is 52.0 Å². The van der Waals surface area contributed by atoms with Crippen LogP contribution < -0.4 is 10.2 Å². The molecule has 2 amide bonds. The van der Waals surface area contributed by atoms with Crippen LogP contribution in [0.25, 0.3) is 5.57 Å². The number of carbonyl (C=O) groups excluding carboxylic acids is 2. The number of imide groups is 1. The van der Waals surface area contributed by atoms with Gasteiger partial charge in [-0.2, -0.15) is 0 Å². The molecule has 0 saturated heterocycles. The smallest absolute Gasteiger partial charge is 0.282 e. The molecule has 3 aromatic rings. The standard InChI is InChI=1S/C26H23N3O4/c1-15-5-6-17(3)22(13-15)27-24-23(19-8-11-20(12-9-19)29(32)33)25(30)28(26(24)31)21-10-7-16(2)18(4)14-21/h5-14,27H,1-4H3. The molecule has 0 atom stereocenters. The van der Waals surface area contributed by atoms with Crippen molar-refractivity contribution in [1.82, 2.24) is 0 Å². The van der Waals surface area contributed by atoms with E-state index in [9.17, 15) is 19.7 Å². The summed E-state index contributed by atoms with van der Waals surface area (Å²) in [5.41, 5.74) is 5.78. The van der Waals surface area contributed by atoms with E-state index in [1.165, 1.54) is 24.3 Å². The predicted molar refractivity (Wildman–Crippen MR) is 128 cm³/mol. The van der Waals surface area contributed by atoms with Gasteiger partial charge in [0, 0.05) is 17.8 Å². The van der Waals surface area contributed by atoms with E-state index >= 15 is 0 Å². The molecule has 1 aliphatic rings. The first-order valence-electron chi connectivity index (χ1n) is 10.5. The van der Waals surface area contributed by atoms with Gasteiger partial charge in [0.15, 0.2) is 0 Å². The number of non-ortho nitro benzene ring substituents is 1. The van der Waals surface area contributed by atoms with Crippen molar-refractivity contribution in [3.8, 4) is 0 Å². The summed E-state index contributed by atoms with van der Waals surface area (Å²) in [6, 6.07) is 16.9. The zero-order valence-corrected chi connectivity index (χ0v) is 18.8. The molecule has 0 aromatic heterocycles. The van der Waals surface area contributed by atoms with Crippen LogP contribution in [-0.2, 0) is 9.59 Å². The van der Waals surface area contributed by atoms with Crippen LogP contribution in [0.4, 0.5) is 17.1 Å². The van der Waals surface area contributed by atoms with Gasteiger partial charge >= 0.3 is 0 Å². The number of nitro groups is 1. The summed E-state index contributed by atoms with van der Waals surface area (Å²) in [6.07, 6.45) is 0. The largest absolute Gasteiger partial charge is 0.350 e. The van der Waals surface area contributed by atoms with Crippen molar-refractivity contribution >= 4 is 34.4 Å². The lowest BCUT2D eigenvalue weighted by atomic mass is 10.0. The van der Waals surface area contributed by atoms with Crippen LogP contribution in [0.5, 0.6) is 0 Å². The fraction of sp³-hybridized carbons (Fsp3) is 0.154. The van der Waals surface area contributed by atoms with Crippen LogP contribution in [-0.4, -0.2) is 16.7 Å². The van der Waals surface area contributed by atoms with Gasteiger partial charge in [-0.05, 0) is 85.8 Å². The third-order valence-electron chi connectivity index (χ3n) is 5.85. The molecule has 3 aromatic carbocycles. The second-order valence-corrected chi connectivity index (χ2v) is 8.21. The Bertz CT molecular complexity index is 1340. The zero-order chi connectivity index (χ0) is 23.9. The van der Waals surface area contributed by atoms with Crippen molar-refractivity contribution in [3.63, 3.8) is 0 Å². The van der Waals surface area contributed by atoms with Gasteiger partial charge in [-0.1, -0.05) is 18.2 Å². The minimum absolute atomic E-state index is 0.0915. The number of aryl methyl sites for hydroxylation is 4. The minimum atomic E-state index is -0.504. The lowest BCUT2D eigenvalue weighted by Crippen LogP contribution is -2.32. The van der Waals surface area contributed by atoms with Crippen molar-refractivity contribution in [2.75, 3.05) is 10.2 Å². The van der Waals surface area contributed by atoms with Crippen molar-refractivity contribution < 1.29 is 14.5 Å². The molecule has 7 nitrogen and oxygen atoms in total. The van der Waals surface area contributed by atoms with E-state index in [0.29, 0.717) is 16.9 Å². The first-order valence-corrected chi connectivity index (χ1v) is 10.5. The highest BCUT2D eigenvalue weighted by Gasteiger charge is 2.40. The van der Waals surface area contributed by atoms with Crippen molar-refractivity contribution in [2.45, 2.75) is 27.7 Å². The summed E-state index contributed by atoms with van der Waals surface area (Å²) < 4.78 is 0. The van der Waals surface area contributed by atoms with E-state index in [0.717, 1.165) is 27.2 Å². The molecular weight excluding hydrogens is 418 g/mol. The maximum Gasteiger partial charge on any atom is 0.282 e. The number of nitrogens with one attached hydrogen (secondary N) is 1. The Hall–Kier alpha value is -4.26. The first kappa shape index (κ1) is 22.0. The Labute approximate surface area is 191 Å². The second kappa shape index (κ2) is 8.35. The second-order valence-electron chi connectivity index (χ2n) is 8.21. The van der Waals surface area contributed by atoms with E-state index in [2.05, 4.69) is 5.32 Å². The van der Waals surface area contributed by atoms with Gasteiger partial charge in [0.1, 0.15) is 5.70 Å². The molecule has 7 heteroatoms. The Morgan fingerprint density at radius 3 is 2.09 bits per heavy atom. The molecule has 0 saturated carbocycles. The van der Waals surface area contributed by atoms with Crippen LogP contribution in [0, 0.1) is 37.8 Å². The normalized spacial score (nSPS) is 13.6. The van der Waals surface area contributed by atoms with Gasteiger partial charge < -0.3 is 5.32 Å². The number of benzene rings is 3. The molecule has 1 heterocycles. The number of rotatable bonds is 5. The molecule has 0 bridgehead atoms. The molecule has 0 aliphatic carbocycles. The Morgan fingerprint density at radius 1 is 0.788 bits per heavy atom. The monoisotopic (exact) mass is 441 g/mol. The average Bonchev–Trinajstić information content (AvgIpc) is 3.02. The maximum atomic E-state index is 13.6. The highest BCUT2D eigenvalue weighted by atomic mass is 16.6. The van der Waals surface area contributed by atoms with Crippen LogP contribution in [0.2, 0.25) is 0 Å². The highest BCUT2D eigenvalue weighted by molar-refractivity contribution is 6.46. The quantitative estimate of drug-likeness (QED) is 0.333. The number of amides is 2. The van der Waals surface area contributed by atoms with Crippen LogP contribution in [0.15, 0.2) is 66.4 Å². The third-order valence-corrected chi connectivity index (χ3v) is 5.85. The molecule has 1 N–H and O–H groups in total. The van der Waals surface area contributed by atoms with Crippen molar-refractivity contribution in [3.05, 3.63) is 104 Å². The summed E-state index contributed by atoms with van der Waals surface area (Å²) in [4.78, 5) is 38.8. The number of hydrogen-bond acceptors (Lipinski definition) is 5. The topological polar surface area (TPSA) is 92.6 Å². The van der Waals surface area contributed by atoms with Gasteiger partial charge in [-0.15, -0.1) is 0 Å². The number of hydrogen-bond donors (Lipinski definition) is 1. The van der Waals surface area contributed by atoms with Gasteiger partial charge in [0.05, 0.1) is 16.2 Å². The molecular formula is C26H23N3O4. The van der Waals surface area contributed by atoms with Crippen LogP contribution in [0.3, 0.4) is 0 Å². The summed E-state index contributed by atoms with van der Waals surface area (Å²) in [5, 5.41) is 14.2. The molecule has 166 valence electrons. The lowest BCUT2D eigenvalue weighted by molar-refractivity contribution is -0.384. The molecule has 0 fully saturated rings. The van der Waals surface area contributed by atoms with Gasteiger partial charge in [0.25, 0.3) is 17.5 Å². The number of anilines is 2.